The molecule has 2 aromatic carbocycles. The van der Waals surface area contributed by atoms with E-state index in [0.29, 0.717) is 12.4 Å². The Kier molecular flexibility index (Phi) is 3.13. The third-order valence-electron chi connectivity index (χ3n) is 2.94. The molecule has 0 aliphatic carbocycles. The third-order valence-corrected chi connectivity index (χ3v) is 4.09. The first kappa shape index (κ1) is 12.1. The van der Waals surface area contributed by atoms with Gasteiger partial charge in [-0.2, -0.15) is 0 Å². The summed E-state index contributed by atoms with van der Waals surface area (Å²) in [5.41, 5.74) is 1.19. The summed E-state index contributed by atoms with van der Waals surface area (Å²) in [5, 5.41) is 10.8. The Morgan fingerprint density at radius 1 is 1.11 bits per heavy atom. The van der Waals surface area contributed by atoms with Crippen LogP contribution in [-0.2, 0) is 6.61 Å². The van der Waals surface area contributed by atoms with E-state index in [4.69, 9.17) is 4.74 Å². The molecule has 0 amide bonds. The number of rotatable bonds is 3. The van der Waals surface area contributed by atoms with Gasteiger partial charge >= 0.3 is 0 Å². The molecule has 0 bridgehead atoms. The molecule has 3 heteroatoms. The average Bonchev–Trinajstić information content (AvgIpc) is 2.81. The number of thiophene rings is 1. The molecule has 0 fully saturated rings. The van der Waals surface area contributed by atoms with Crippen LogP contribution in [-0.4, -0.2) is 5.11 Å². The van der Waals surface area contributed by atoms with Crippen LogP contribution in [0.1, 0.15) is 10.4 Å². The van der Waals surface area contributed by atoms with E-state index in [0.717, 1.165) is 20.7 Å². The molecule has 3 rings (SSSR count). The Bertz CT molecular complexity index is 716. The van der Waals surface area contributed by atoms with Gasteiger partial charge < -0.3 is 9.84 Å². The molecular weight excluding hydrogens is 256 g/mol. The number of benzene rings is 2. The van der Waals surface area contributed by atoms with Crippen molar-refractivity contribution in [3.05, 3.63) is 59.0 Å². The largest absolute Gasteiger partial charge is 0.506 e. The van der Waals surface area contributed by atoms with Gasteiger partial charge in [-0.25, -0.2) is 0 Å². The van der Waals surface area contributed by atoms with E-state index in [1.54, 1.807) is 17.4 Å². The summed E-state index contributed by atoms with van der Waals surface area (Å²) in [5.74, 6) is 1.21. The maximum absolute atomic E-state index is 9.78. The molecule has 0 saturated heterocycles. The zero-order valence-electron chi connectivity index (χ0n) is 10.6. The van der Waals surface area contributed by atoms with Crippen molar-refractivity contribution in [3.63, 3.8) is 0 Å². The van der Waals surface area contributed by atoms with Crippen molar-refractivity contribution in [2.24, 2.45) is 0 Å². The first-order valence-corrected chi connectivity index (χ1v) is 6.94. The molecule has 0 saturated carbocycles. The molecular formula is C16H14O2S. The van der Waals surface area contributed by atoms with E-state index in [1.165, 1.54) is 5.56 Å². The minimum atomic E-state index is 0.337. The summed E-state index contributed by atoms with van der Waals surface area (Å²) >= 11 is 1.57. The standard InChI is InChI=1S/C16H14O2S/c1-11-4-2-6-13(8-11)18-10-14-9-12-5-3-7-15(17)16(12)19-14/h2-9,17H,10H2,1H3. The van der Waals surface area contributed by atoms with Gasteiger partial charge in [-0.3, -0.25) is 0 Å². The van der Waals surface area contributed by atoms with Crippen molar-refractivity contribution in [3.8, 4) is 11.5 Å². The molecule has 3 aromatic rings. The lowest BCUT2D eigenvalue weighted by atomic mass is 10.2. The number of hydrogen-bond acceptors (Lipinski definition) is 3. The lowest BCUT2D eigenvalue weighted by Gasteiger charge is -2.04. The zero-order valence-corrected chi connectivity index (χ0v) is 11.4. The highest BCUT2D eigenvalue weighted by molar-refractivity contribution is 7.19. The average molecular weight is 270 g/mol. The Morgan fingerprint density at radius 2 is 1.95 bits per heavy atom. The Hall–Kier alpha value is -2.00. The summed E-state index contributed by atoms with van der Waals surface area (Å²) in [6, 6.07) is 15.6. The second-order valence-electron chi connectivity index (χ2n) is 4.51. The number of aromatic hydroxyl groups is 1. The van der Waals surface area contributed by atoms with E-state index in [-0.39, 0.29) is 0 Å². The molecule has 0 spiro atoms. The van der Waals surface area contributed by atoms with Crippen LogP contribution in [0, 0.1) is 6.92 Å². The molecule has 0 aliphatic heterocycles. The van der Waals surface area contributed by atoms with Crippen molar-refractivity contribution >= 4 is 21.4 Å². The monoisotopic (exact) mass is 270 g/mol. The fraction of sp³-hybridized carbons (Fsp3) is 0.125. The van der Waals surface area contributed by atoms with Crippen molar-refractivity contribution < 1.29 is 9.84 Å². The van der Waals surface area contributed by atoms with Crippen LogP contribution >= 0.6 is 11.3 Å². The normalized spacial score (nSPS) is 10.8. The van der Waals surface area contributed by atoms with E-state index in [1.807, 2.05) is 43.3 Å². The fourth-order valence-corrected chi connectivity index (χ4v) is 3.02. The van der Waals surface area contributed by atoms with Gasteiger partial charge in [0.2, 0.25) is 0 Å². The van der Waals surface area contributed by atoms with Crippen LogP contribution in [0.15, 0.2) is 48.5 Å². The molecule has 96 valence electrons. The van der Waals surface area contributed by atoms with Gasteiger partial charge in [0.15, 0.2) is 0 Å². The van der Waals surface area contributed by atoms with Gasteiger partial charge in [0.1, 0.15) is 18.1 Å². The molecule has 1 N–H and O–H groups in total. The molecule has 2 nitrogen and oxygen atoms in total. The van der Waals surface area contributed by atoms with E-state index < -0.39 is 0 Å². The first-order chi connectivity index (χ1) is 9.22. The highest BCUT2D eigenvalue weighted by Gasteiger charge is 2.06. The number of phenolic OH excluding ortho intramolecular Hbond substituents is 1. The second-order valence-corrected chi connectivity index (χ2v) is 5.65. The van der Waals surface area contributed by atoms with Crippen LogP contribution in [0.2, 0.25) is 0 Å². The van der Waals surface area contributed by atoms with Gasteiger partial charge in [-0.05, 0) is 42.1 Å². The maximum Gasteiger partial charge on any atom is 0.133 e. The van der Waals surface area contributed by atoms with Crippen LogP contribution < -0.4 is 4.74 Å². The third kappa shape index (κ3) is 2.56. The molecule has 0 unspecified atom stereocenters. The first-order valence-electron chi connectivity index (χ1n) is 6.12. The van der Waals surface area contributed by atoms with Crippen LogP contribution in [0.4, 0.5) is 0 Å². The zero-order chi connectivity index (χ0) is 13.2. The number of hydrogen-bond donors (Lipinski definition) is 1. The highest BCUT2D eigenvalue weighted by atomic mass is 32.1. The molecule has 19 heavy (non-hydrogen) atoms. The van der Waals surface area contributed by atoms with E-state index in [9.17, 15) is 5.11 Å². The lowest BCUT2D eigenvalue weighted by Crippen LogP contribution is -1.92. The van der Waals surface area contributed by atoms with E-state index >= 15 is 0 Å². The molecule has 0 radical (unpaired) electrons. The van der Waals surface area contributed by atoms with Gasteiger partial charge in [0.25, 0.3) is 0 Å². The Labute approximate surface area is 115 Å². The second kappa shape index (κ2) is 4.94. The summed E-state index contributed by atoms with van der Waals surface area (Å²) < 4.78 is 6.69. The van der Waals surface area contributed by atoms with Crippen molar-refractivity contribution in [2.45, 2.75) is 13.5 Å². The number of ether oxygens (including phenoxy) is 1. The quantitative estimate of drug-likeness (QED) is 0.759. The van der Waals surface area contributed by atoms with Gasteiger partial charge in [-0.15, -0.1) is 11.3 Å². The minimum Gasteiger partial charge on any atom is -0.506 e. The summed E-state index contributed by atoms with van der Waals surface area (Å²) in [6.07, 6.45) is 0. The van der Waals surface area contributed by atoms with Crippen molar-refractivity contribution in [2.75, 3.05) is 0 Å². The molecule has 0 aliphatic rings. The number of aryl methyl sites for hydroxylation is 1. The van der Waals surface area contributed by atoms with E-state index in [2.05, 4.69) is 6.07 Å². The Balaban J connectivity index is 1.80. The predicted octanol–water partition coefficient (Wildman–Crippen LogP) is 4.49. The van der Waals surface area contributed by atoms with Gasteiger partial charge in [-0.1, -0.05) is 24.3 Å². The van der Waals surface area contributed by atoms with Gasteiger partial charge in [0.05, 0.1) is 4.70 Å². The smallest absolute Gasteiger partial charge is 0.133 e. The summed E-state index contributed by atoms with van der Waals surface area (Å²) in [6.45, 7) is 2.58. The minimum absolute atomic E-state index is 0.337. The topological polar surface area (TPSA) is 29.5 Å². The predicted molar refractivity (Wildman–Crippen MR) is 79.0 cm³/mol. The lowest BCUT2D eigenvalue weighted by molar-refractivity contribution is 0.309. The number of fused-ring (bicyclic) bond motifs is 1. The molecule has 0 atom stereocenters. The van der Waals surface area contributed by atoms with Crippen molar-refractivity contribution in [1.29, 1.82) is 0 Å². The fourth-order valence-electron chi connectivity index (χ4n) is 2.03. The van der Waals surface area contributed by atoms with Crippen LogP contribution in [0.3, 0.4) is 0 Å². The van der Waals surface area contributed by atoms with Crippen LogP contribution in [0.25, 0.3) is 10.1 Å². The summed E-state index contributed by atoms with van der Waals surface area (Å²) in [4.78, 5) is 1.11. The summed E-state index contributed by atoms with van der Waals surface area (Å²) in [7, 11) is 0. The van der Waals surface area contributed by atoms with Crippen LogP contribution in [0.5, 0.6) is 11.5 Å². The molecule has 1 aromatic heterocycles. The maximum atomic E-state index is 9.78. The number of phenols is 1. The molecule has 1 heterocycles. The van der Waals surface area contributed by atoms with Gasteiger partial charge in [0, 0.05) is 4.88 Å². The highest BCUT2D eigenvalue weighted by Crippen LogP contribution is 2.33. The SMILES string of the molecule is Cc1cccc(OCc2cc3cccc(O)c3s2)c1. The van der Waals surface area contributed by atoms with Crippen molar-refractivity contribution in [1.82, 2.24) is 0 Å². The Morgan fingerprint density at radius 3 is 2.74 bits per heavy atom.